The molecule has 6 heteroatoms. The van der Waals surface area contributed by atoms with Crippen LogP contribution in [0.4, 0.5) is 8.78 Å². The normalized spacial score (nSPS) is 10.9. The molecule has 2 N–H and O–H groups in total. The minimum atomic E-state index is -0.239. The Morgan fingerprint density at radius 3 is 2.46 bits per heavy atom. The fraction of sp³-hybridized carbons (Fsp3) is 0.278. The molecule has 0 aliphatic carbocycles. The molecule has 3 nitrogen and oxygen atoms in total. The highest BCUT2D eigenvalue weighted by molar-refractivity contribution is 14.0. The van der Waals surface area contributed by atoms with E-state index in [0.29, 0.717) is 24.6 Å². The summed E-state index contributed by atoms with van der Waals surface area (Å²) >= 11 is 0. The lowest BCUT2D eigenvalue weighted by molar-refractivity contribution is 0.604. The van der Waals surface area contributed by atoms with Crippen molar-refractivity contribution in [1.82, 2.24) is 10.6 Å². The molecule has 0 amide bonds. The Labute approximate surface area is 158 Å². The third-order valence-corrected chi connectivity index (χ3v) is 3.62. The second-order valence-corrected chi connectivity index (χ2v) is 5.26. The molecule has 0 spiro atoms. The molecule has 130 valence electrons. The average Bonchev–Trinajstić information content (AvgIpc) is 2.54. The van der Waals surface area contributed by atoms with Crippen LogP contribution in [0.1, 0.15) is 16.7 Å². The van der Waals surface area contributed by atoms with Crippen LogP contribution < -0.4 is 10.6 Å². The number of rotatable bonds is 5. The summed E-state index contributed by atoms with van der Waals surface area (Å²) in [5, 5.41) is 6.25. The van der Waals surface area contributed by atoms with Crippen LogP contribution in [0.2, 0.25) is 0 Å². The number of aryl methyl sites for hydroxylation is 1. The molecule has 0 unspecified atom stereocenters. The first-order valence-corrected chi connectivity index (χ1v) is 7.53. The first-order valence-electron chi connectivity index (χ1n) is 7.53. The molecule has 0 bridgehead atoms. The van der Waals surface area contributed by atoms with Gasteiger partial charge in [-0.2, -0.15) is 0 Å². The van der Waals surface area contributed by atoms with Crippen molar-refractivity contribution in [2.75, 3.05) is 13.6 Å². The SMILES string of the molecule is CN=C(NCCc1ccc(F)cc1C)NCc1ccccc1F.I. The molecule has 0 aliphatic rings. The van der Waals surface area contributed by atoms with Crippen LogP contribution in [0.25, 0.3) is 0 Å². The van der Waals surface area contributed by atoms with E-state index in [1.54, 1.807) is 31.3 Å². The Morgan fingerprint density at radius 2 is 1.79 bits per heavy atom. The average molecular weight is 445 g/mol. The van der Waals surface area contributed by atoms with Crippen molar-refractivity contribution in [2.45, 2.75) is 19.9 Å². The van der Waals surface area contributed by atoms with Gasteiger partial charge in [-0.3, -0.25) is 4.99 Å². The van der Waals surface area contributed by atoms with Gasteiger partial charge < -0.3 is 10.6 Å². The van der Waals surface area contributed by atoms with Crippen LogP contribution in [-0.2, 0) is 13.0 Å². The first-order chi connectivity index (χ1) is 11.1. The number of benzene rings is 2. The number of halogens is 3. The third-order valence-electron chi connectivity index (χ3n) is 3.62. The number of nitrogens with one attached hydrogen (secondary N) is 2. The van der Waals surface area contributed by atoms with Crippen molar-refractivity contribution in [2.24, 2.45) is 4.99 Å². The maximum Gasteiger partial charge on any atom is 0.191 e. The van der Waals surface area contributed by atoms with E-state index < -0.39 is 0 Å². The van der Waals surface area contributed by atoms with Crippen molar-refractivity contribution >= 4 is 29.9 Å². The van der Waals surface area contributed by atoms with Crippen LogP contribution in [0.3, 0.4) is 0 Å². The number of nitrogens with zero attached hydrogens (tertiary/aromatic N) is 1. The highest BCUT2D eigenvalue weighted by atomic mass is 127. The van der Waals surface area contributed by atoms with Gasteiger partial charge in [0.25, 0.3) is 0 Å². The van der Waals surface area contributed by atoms with Gasteiger partial charge in [0.05, 0.1) is 0 Å². The lowest BCUT2D eigenvalue weighted by Gasteiger charge is -2.13. The van der Waals surface area contributed by atoms with E-state index in [4.69, 9.17) is 0 Å². The summed E-state index contributed by atoms with van der Waals surface area (Å²) in [4.78, 5) is 4.11. The molecular formula is C18H22F2IN3. The molecule has 2 aromatic rings. The second kappa shape index (κ2) is 10.2. The minimum absolute atomic E-state index is 0. The maximum absolute atomic E-state index is 13.6. The van der Waals surface area contributed by atoms with Gasteiger partial charge in [-0.1, -0.05) is 24.3 Å². The molecule has 0 fully saturated rings. The monoisotopic (exact) mass is 445 g/mol. The Balaban J connectivity index is 0.00000288. The molecule has 0 aliphatic heterocycles. The largest absolute Gasteiger partial charge is 0.356 e. The maximum atomic E-state index is 13.6. The number of aliphatic imine (C=N–C) groups is 1. The third kappa shape index (κ3) is 6.07. The molecule has 0 atom stereocenters. The van der Waals surface area contributed by atoms with E-state index in [1.807, 2.05) is 6.92 Å². The topological polar surface area (TPSA) is 36.4 Å². The first kappa shape index (κ1) is 20.3. The van der Waals surface area contributed by atoms with Gasteiger partial charge in [-0.25, -0.2) is 8.78 Å². The molecule has 2 aromatic carbocycles. The van der Waals surface area contributed by atoms with Gasteiger partial charge in [0, 0.05) is 25.7 Å². The van der Waals surface area contributed by atoms with Crippen LogP contribution in [0.15, 0.2) is 47.5 Å². The van der Waals surface area contributed by atoms with Crippen molar-refractivity contribution in [1.29, 1.82) is 0 Å². The molecule has 0 heterocycles. The van der Waals surface area contributed by atoms with E-state index in [0.717, 1.165) is 17.5 Å². The minimum Gasteiger partial charge on any atom is -0.356 e. The summed E-state index contributed by atoms with van der Waals surface area (Å²) in [6, 6.07) is 11.4. The molecule has 24 heavy (non-hydrogen) atoms. The number of hydrogen-bond donors (Lipinski definition) is 2. The summed E-state index contributed by atoms with van der Waals surface area (Å²) in [5.74, 6) is 0.145. The van der Waals surface area contributed by atoms with Crippen LogP contribution in [0.5, 0.6) is 0 Å². The van der Waals surface area contributed by atoms with Gasteiger partial charge in [0.2, 0.25) is 0 Å². The summed E-state index contributed by atoms with van der Waals surface area (Å²) in [5.41, 5.74) is 2.61. The van der Waals surface area contributed by atoms with E-state index in [2.05, 4.69) is 15.6 Å². The van der Waals surface area contributed by atoms with E-state index in [-0.39, 0.29) is 35.6 Å². The highest BCUT2D eigenvalue weighted by Crippen LogP contribution is 2.10. The predicted molar refractivity (Wildman–Crippen MR) is 105 cm³/mol. The second-order valence-electron chi connectivity index (χ2n) is 5.26. The van der Waals surface area contributed by atoms with Crippen LogP contribution in [0, 0.1) is 18.6 Å². The lowest BCUT2D eigenvalue weighted by Crippen LogP contribution is -2.38. The zero-order valence-electron chi connectivity index (χ0n) is 13.8. The summed E-state index contributed by atoms with van der Waals surface area (Å²) in [6.45, 7) is 2.91. The van der Waals surface area contributed by atoms with Gasteiger partial charge in [0.1, 0.15) is 11.6 Å². The zero-order valence-corrected chi connectivity index (χ0v) is 16.1. The summed E-state index contributed by atoms with van der Waals surface area (Å²) < 4.78 is 26.6. The van der Waals surface area contributed by atoms with Crippen LogP contribution >= 0.6 is 24.0 Å². The van der Waals surface area contributed by atoms with E-state index in [9.17, 15) is 8.78 Å². The van der Waals surface area contributed by atoms with Crippen LogP contribution in [-0.4, -0.2) is 19.6 Å². The van der Waals surface area contributed by atoms with Gasteiger partial charge in [0.15, 0.2) is 5.96 Å². The molecule has 2 rings (SSSR count). The van der Waals surface area contributed by atoms with Crippen molar-refractivity contribution in [3.63, 3.8) is 0 Å². The Kier molecular flexibility index (Phi) is 8.67. The molecular weight excluding hydrogens is 423 g/mol. The van der Waals surface area contributed by atoms with Gasteiger partial charge >= 0.3 is 0 Å². The van der Waals surface area contributed by atoms with Gasteiger partial charge in [-0.15, -0.1) is 24.0 Å². The fourth-order valence-corrected chi connectivity index (χ4v) is 2.30. The van der Waals surface area contributed by atoms with Crippen molar-refractivity contribution in [3.8, 4) is 0 Å². The standard InChI is InChI=1S/C18H21F2N3.HI/c1-13-11-16(19)8-7-14(13)9-10-22-18(21-2)23-12-15-5-3-4-6-17(15)20;/h3-8,11H,9-10,12H2,1-2H3,(H2,21,22,23);1H. The van der Waals surface area contributed by atoms with E-state index >= 15 is 0 Å². The summed E-state index contributed by atoms with van der Waals surface area (Å²) in [7, 11) is 1.67. The van der Waals surface area contributed by atoms with E-state index in [1.165, 1.54) is 18.2 Å². The number of guanidine groups is 1. The lowest BCUT2D eigenvalue weighted by atomic mass is 10.1. The molecule has 0 radical (unpaired) electrons. The molecule has 0 saturated carbocycles. The van der Waals surface area contributed by atoms with Crippen molar-refractivity contribution < 1.29 is 8.78 Å². The fourth-order valence-electron chi connectivity index (χ4n) is 2.30. The molecule has 0 saturated heterocycles. The Hall–Kier alpha value is -1.70. The highest BCUT2D eigenvalue weighted by Gasteiger charge is 2.04. The zero-order chi connectivity index (χ0) is 16.7. The number of hydrogen-bond acceptors (Lipinski definition) is 1. The van der Waals surface area contributed by atoms with Gasteiger partial charge in [-0.05, 0) is 42.7 Å². The smallest absolute Gasteiger partial charge is 0.191 e. The quantitative estimate of drug-likeness (QED) is 0.418. The summed E-state index contributed by atoms with van der Waals surface area (Å²) in [6.07, 6.45) is 0.756. The Bertz CT molecular complexity index is 690. The van der Waals surface area contributed by atoms with Crippen molar-refractivity contribution in [3.05, 3.63) is 70.8 Å². The molecule has 0 aromatic heterocycles. The predicted octanol–water partition coefficient (Wildman–Crippen LogP) is 3.80. The Morgan fingerprint density at radius 1 is 1.04 bits per heavy atom.